The van der Waals surface area contributed by atoms with Crippen LogP contribution in [0.2, 0.25) is 0 Å². The maximum Gasteiger partial charge on any atom is 0.412 e. The smallest absolute Gasteiger partial charge is 0.412 e. The zero-order chi connectivity index (χ0) is 33.6. The Labute approximate surface area is 269 Å². The van der Waals surface area contributed by atoms with E-state index in [0.29, 0.717) is 16.8 Å². The van der Waals surface area contributed by atoms with Gasteiger partial charge in [0.05, 0.1) is 5.56 Å². The third-order valence-electron chi connectivity index (χ3n) is 6.63. The Hall–Kier alpha value is -6.11. The molecule has 3 aromatic carbocycles. The number of hydrogen-bond acceptors (Lipinski definition) is 8. The lowest BCUT2D eigenvalue weighted by molar-refractivity contribution is -0.139. The zero-order valence-electron chi connectivity index (χ0n) is 25.7. The minimum Gasteiger partial charge on any atom is -0.480 e. The number of carbonyl (C=O) groups excluding carboxylic acids is 2. The van der Waals surface area contributed by atoms with Crippen molar-refractivity contribution in [3.8, 4) is 34.0 Å². The lowest BCUT2D eigenvalue weighted by atomic mass is 10.0. The van der Waals surface area contributed by atoms with Crippen molar-refractivity contribution in [1.29, 1.82) is 0 Å². The van der Waals surface area contributed by atoms with E-state index in [1.54, 1.807) is 63.4 Å². The Balaban J connectivity index is 1.19. The Kier molecular flexibility index (Phi) is 9.55. The largest absolute Gasteiger partial charge is 0.480 e. The number of halogens is 1. The molecule has 2 aromatic heterocycles. The molecule has 3 amide bonds. The van der Waals surface area contributed by atoms with Gasteiger partial charge in [-0.3, -0.25) is 10.6 Å². The van der Waals surface area contributed by atoms with Crippen LogP contribution in [0.4, 0.5) is 25.5 Å². The number of carboxylic acid groups (broad SMARTS) is 1. The highest BCUT2D eigenvalue weighted by Crippen LogP contribution is 2.26. The molecule has 0 bridgehead atoms. The van der Waals surface area contributed by atoms with Gasteiger partial charge in [0.25, 0.3) is 5.89 Å². The van der Waals surface area contributed by atoms with E-state index in [1.165, 1.54) is 12.1 Å². The lowest BCUT2D eigenvalue weighted by Gasteiger charge is -2.19. The molecule has 1 unspecified atom stereocenters. The fourth-order valence-electron chi connectivity index (χ4n) is 4.45. The van der Waals surface area contributed by atoms with Crippen molar-refractivity contribution in [3.05, 3.63) is 103 Å². The molecule has 47 heavy (non-hydrogen) atoms. The first kappa shape index (κ1) is 32.3. The maximum absolute atomic E-state index is 15.2. The number of aliphatic carboxylic acids is 1. The summed E-state index contributed by atoms with van der Waals surface area (Å²) in [5, 5.41) is 21.1. The molecule has 13 heteroatoms. The van der Waals surface area contributed by atoms with Crippen LogP contribution in [0.3, 0.4) is 0 Å². The number of carboxylic acids is 1. The molecule has 240 valence electrons. The molecule has 5 aromatic rings. The highest BCUT2D eigenvalue weighted by molar-refractivity contribution is 5.91. The minimum atomic E-state index is -1.35. The second kappa shape index (κ2) is 13.9. The molecular weight excluding hydrogens is 607 g/mol. The second-order valence-electron chi connectivity index (χ2n) is 11.4. The average Bonchev–Trinajstić information content (AvgIpc) is 3.51. The maximum atomic E-state index is 15.2. The molecule has 0 saturated heterocycles. The average molecular weight is 639 g/mol. The van der Waals surface area contributed by atoms with Gasteiger partial charge in [0.15, 0.2) is 0 Å². The van der Waals surface area contributed by atoms with Crippen molar-refractivity contribution in [3.63, 3.8) is 0 Å². The van der Waals surface area contributed by atoms with Gasteiger partial charge in [-0.15, -0.1) is 0 Å². The first-order valence-electron chi connectivity index (χ1n) is 14.5. The van der Waals surface area contributed by atoms with Gasteiger partial charge in [-0.2, -0.15) is 4.98 Å². The normalized spacial score (nSPS) is 11.7. The number of aromatic nitrogens is 3. The number of pyridine rings is 1. The Morgan fingerprint density at radius 1 is 0.915 bits per heavy atom. The second-order valence-corrected chi connectivity index (χ2v) is 11.4. The lowest BCUT2D eigenvalue weighted by Crippen LogP contribution is -2.44. The SMILES string of the molecule is CC(C)(C)OC(=O)Nc1ccc(-c2nc(-c3ccc(CC(NC(=O)Nc4ccc(-c5ccccc5)cn4)C(=O)O)cc3F)no2)cc1. The quantitative estimate of drug-likeness (QED) is 0.136. The summed E-state index contributed by atoms with van der Waals surface area (Å²) < 4.78 is 25.7. The molecule has 0 spiro atoms. The molecule has 0 fully saturated rings. The Morgan fingerprint density at radius 3 is 2.28 bits per heavy atom. The topological polar surface area (TPSA) is 169 Å². The molecule has 2 heterocycles. The number of rotatable bonds is 9. The van der Waals surface area contributed by atoms with Crippen LogP contribution in [0.15, 0.2) is 95.6 Å². The summed E-state index contributed by atoms with van der Waals surface area (Å²) in [5.74, 6) is -1.67. The molecule has 0 aliphatic heterocycles. The van der Waals surface area contributed by atoms with E-state index in [9.17, 15) is 19.5 Å². The first-order chi connectivity index (χ1) is 22.4. The number of urea groups is 1. The van der Waals surface area contributed by atoms with Gasteiger partial charge in [0.1, 0.15) is 23.3 Å². The number of benzene rings is 3. The van der Waals surface area contributed by atoms with Gasteiger partial charge in [0.2, 0.25) is 5.82 Å². The summed E-state index contributed by atoms with van der Waals surface area (Å²) in [6.07, 6.45) is 0.806. The number of amides is 3. The monoisotopic (exact) mass is 638 g/mol. The van der Waals surface area contributed by atoms with Crippen molar-refractivity contribution in [2.75, 3.05) is 10.6 Å². The molecule has 0 radical (unpaired) electrons. The van der Waals surface area contributed by atoms with Crippen molar-refractivity contribution in [2.45, 2.75) is 38.8 Å². The number of carbonyl (C=O) groups is 3. The third kappa shape index (κ3) is 8.75. The van der Waals surface area contributed by atoms with E-state index in [-0.39, 0.29) is 29.5 Å². The van der Waals surface area contributed by atoms with Crippen LogP contribution in [0.5, 0.6) is 0 Å². The summed E-state index contributed by atoms with van der Waals surface area (Å²) in [6, 6.07) is 21.5. The van der Waals surface area contributed by atoms with Gasteiger partial charge < -0.3 is 19.7 Å². The molecule has 0 aliphatic carbocycles. The van der Waals surface area contributed by atoms with Crippen LogP contribution in [0, 0.1) is 5.82 Å². The van der Waals surface area contributed by atoms with Crippen molar-refractivity contribution < 1.29 is 33.1 Å². The molecule has 0 saturated carbocycles. The third-order valence-corrected chi connectivity index (χ3v) is 6.63. The van der Waals surface area contributed by atoms with Crippen LogP contribution in [-0.2, 0) is 16.0 Å². The predicted octanol–water partition coefficient (Wildman–Crippen LogP) is 6.77. The van der Waals surface area contributed by atoms with E-state index in [2.05, 4.69) is 31.1 Å². The standard InChI is InChI=1S/C34H31FN6O6/c1-34(2,3)46-33(45)37-24-13-10-22(11-14-24)30-40-29(41-47-30)25-15-9-20(17-26(25)35)18-27(31(42)43)38-32(44)39-28-16-12-23(19-36-28)21-7-5-4-6-8-21/h4-17,19,27H,18H2,1-3H3,(H,37,45)(H,42,43)(H2,36,38,39,44). The van der Waals surface area contributed by atoms with Crippen molar-refractivity contribution in [1.82, 2.24) is 20.4 Å². The van der Waals surface area contributed by atoms with Crippen molar-refractivity contribution >= 4 is 29.6 Å². The van der Waals surface area contributed by atoms with Crippen LogP contribution in [-0.4, -0.2) is 50.0 Å². The fraction of sp³-hybridized carbons (Fsp3) is 0.176. The van der Waals surface area contributed by atoms with Crippen LogP contribution >= 0.6 is 0 Å². The highest BCUT2D eigenvalue weighted by Gasteiger charge is 2.23. The van der Waals surface area contributed by atoms with E-state index < -0.39 is 35.6 Å². The number of ether oxygens (including phenoxy) is 1. The fourth-order valence-corrected chi connectivity index (χ4v) is 4.45. The van der Waals surface area contributed by atoms with Crippen LogP contribution in [0.1, 0.15) is 26.3 Å². The molecule has 4 N–H and O–H groups in total. The molecule has 5 rings (SSSR count). The van der Waals surface area contributed by atoms with Gasteiger partial charge >= 0.3 is 18.1 Å². The van der Waals surface area contributed by atoms with Gasteiger partial charge in [-0.25, -0.2) is 23.8 Å². The molecular formula is C34H31FN6O6. The molecule has 12 nitrogen and oxygen atoms in total. The highest BCUT2D eigenvalue weighted by atomic mass is 19.1. The van der Waals surface area contributed by atoms with E-state index in [1.807, 2.05) is 30.3 Å². The molecule has 1 atom stereocenters. The summed E-state index contributed by atoms with van der Waals surface area (Å²) in [5.41, 5.74) is 2.55. The number of anilines is 2. The van der Waals surface area contributed by atoms with E-state index in [0.717, 1.165) is 17.2 Å². The number of nitrogens with zero attached hydrogens (tertiary/aromatic N) is 3. The summed E-state index contributed by atoms with van der Waals surface area (Å²) in [4.78, 5) is 45.0. The molecule has 0 aliphatic rings. The predicted molar refractivity (Wildman–Crippen MR) is 172 cm³/mol. The van der Waals surface area contributed by atoms with Gasteiger partial charge in [-0.1, -0.05) is 41.6 Å². The summed E-state index contributed by atoms with van der Waals surface area (Å²) in [6.45, 7) is 5.28. The number of hydrogen-bond donors (Lipinski definition) is 4. The first-order valence-corrected chi connectivity index (χ1v) is 14.5. The van der Waals surface area contributed by atoms with Crippen LogP contribution in [0.25, 0.3) is 34.0 Å². The van der Waals surface area contributed by atoms with E-state index in [4.69, 9.17) is 9.26 Å². The zero-order valence-corrected chi connectivity index (χ0v) is 25.7. The van der Waals surface area contributed by atoms with Gasteiger partial charge in [0, 0.05) is 29.4 Å². The minimum absolute atomic E-state index is 0.0157. The van der Waals surface area contributed by atoms with Gasteiger partial charge in [-0.05, 0) is 80.4 Å². The van der Waals surface area contributed by atoms with Crippen molar-refractivity contribution in [2.24, 2.45) is 0 Å². The summed E-state index contributed by atoms with van der Waals surface area (Å²) >= 11 is 0. The van der Waals surface area contributed by atoms with Crippen LogP contribution < -0.4 is 16.0 Å². The Bertz CT molecular complexity index is 1870. The van der Waals surface area contributed by atoms with E-state index >= 15 is 4.39 Å². The Morgan fingerprint density at radius 2 is 1.64 bits per heavy atom. The summed E-state index contributed by atoms with van der Waals surface area (Å²) in [7, 11) is 0. The number of nitrogens with one attached hydrogen (secondary N) is 3.